The van der Waals surface area contributed by atoms with Gasteiger partial charge in [0.05, 0.1) is 12.2 Å². The van der Waals surface area contributed by atoms with E-state index in [0.717, 1.165) is 33.3 Å². The fourth-order valence-corrected chi connectivity index (χ4v) is 3.48. The lowest BCUT2D eigenvalue weighted by molar-refractivity contribution is 1.05. The van der Waals surface area contributed by atoms with Crippen molar-refractivity contribution in [2.75, 3.05) is 5.32 Å². The van der Waals surface area contributed by atoms with Gasteiger partial charge in [-0.1, -0.05) is 49.4 Å². The monoisotopic (exact) mass is 478 g/mol. The molecule has 3 aromatic rings. The van der Waals surface area contributed by atoms with Crippen LogP contribution >= 0.6 is 35.3 Å². The molecule has 4 nitrogen and oxygen atoms in total. The minimum absolute atomic E-state index is 0. The minimum atomic E-state index is 0. The van der Waals surface area contributed by atoms with Crippen LogP contribution in [0.15, 0.2) is 59.6 Å². The summed E-state index contributed by atoms with van der Waals surface area (Å²) < 4.78 is 0. The Kier molecular flexibility index (Phi) is 7.59. The van der Waals surface area contributed by atoms with Crippen molar-refractivity contribution < 1.29 is 0 Å². The fraction of sp³-hybridized carbons (Fsp3) is 0.200. The van der Waals surface area contributed by atoms with Gasteiger partial charge in [-0.25, -0.2) is 9.98 Å². The van der Waals surface area contributed by atoms with Crippen molar-refractivity contribution in [1.29, 1.82) is 0 Å². The van der Waals surface area contributed by atoms with Gasteiger partial charge >= 0.3 is 0 Å². The molecule has 1 heterocycles. The van der Waals surface area contributed by atoms with Crippen LogP contribution < -0.4 is 11.1 Å². The van der Waals surface area contributed by atoms with E-state index in [1.165, 1.54) is 5.56 Å². The quantitative estimate of drug-likeness (QED) is 0.300. The second kappa shape index (κ2) is 9.68. The Morgan fingerprint density at radius 1 is 1.15 bits per heavy atom. The first kappa shape index (κ1) is 20.4. The summed E-state index contributed by atoms with van der Waals surface area (Å²) in [5.74, 6) is 0.419. The molecule has 2 aromatic carbocycles. The summed E-state index contributed by atoms with van der Waals surface area (Å²) in [6.07, 6.45) is 0.995. The van der Waals surface area contributed by atoms with Crippen molar-refractivity contribution in [2.45, 2.75) is 26.8 Å². The van der Waals surface area contributed by atoms with Gasteiger partial charge in [0.2, 0.25) is 0 Å². The van der Waals surface area contributed by atoms with Crippen molar-refractivity contribution >= 4 is 47.0 Å². The molecule has 136 valence electrons. The molecule has 1 aromatic heterocycles. The van der Waals surface area contributed by atoms with E-state index in [0.29, 0.717) is 12.5 Å². The number of thiazole rings is 1. The first-order valence-electron chi connectivity index (χ1n) is 8.33. The number of nitrogens with one attached hydrogen (secondary N) is 1. The summed E-state index contributed by atoms with van der Waals surface area (Å²) in [7, 11) is 0. The number of aryl methyl sites for hydroxylation is 2. The second-order valence-corrected chi connectivity index (χ2v) is 6.86. The van der Waals surface area contributed by atoms with Gasteiger partial charge < -0.3 is 11.1 Å². The van der Waals surface area contributed by atoms with Gasteiger partial charge in [-0.3, -0.25) is 0 Å². The molecule has 3 N–H and O–H groups in total. The maximum Gasteiger partial charge on any atom is 0.193 e. The highest BCUT2D eigenvalue weighted by atomic mass is 127. The molecule has 0 radical (unpaired) electrons. The third-order valence-electron chi connectivity index (χ3n) is 3.91. The van der Waals surface area contributed by atoms with Crippen molar-refractivity contribution in [1.82, 2.24) is 4.98 Å². The number of guanidine groups is 1. The molecular formula is C20H23IN4S. The van der Waals surface area contributed by atoms with Crippen LogP contribution in [0.25, 0.3) is 10.6 Å². The van der Waals surface area contributed by atoms with E-state index < -0.39 is 0 Å². The Morgan fingerprint density at radius 2 is 1.92 bits per heavy atom. The molecule has 0 amide bonds. The van der Waals surface area contributed by atoms with E-state index in [2.05, 4.69) is 46.5 Å². The average Bonchev–Trinajstić information content (AvgIpc) is 3.02. The number of rotatable bonds is 5. The Balaban J connectivity index is 0.00000243. The lowest BCUT2D eigenvalue weighted by Crippen LogP contribution is -2.22. The molecule has 0 spiro atoms. The van der Waals surface area contributed by atoms with Crippen molar-refractivity contribution in [2.24, 2.45) is 10.7 Å². The van der Waals surface area contributed by atoms with Gasteiger partial charge in [-0.05, 0) is 31.0 Å². The van der Waals surface area contributed by atoms with Crippen LogP contribution in [0.5, 0.6) is 0 Å². The summed E-state index contributed by atoms with van der Waals surface area (Å²) >= 11 is 1.67. The maximum absolute atomic E-state index is 6.04. The number of halogens is 1. The molecule has 0 fully saturated rings. The van der Waals surface area contributed by atoms with Crippen LogP contribution in [0.2, 0.25) is 0 Å². The average molecular weight is 478 g/mol. The highest BCUT2D eigenvalue weighted by molar-refractivity contribution is 14.0. The summed E-state index contributed by atoms with van der Waals surface area (Å²) in [4.78, 5) is 10.3. The van der Waals surface area contributed by atoms with Crippen LogP contribution in [0, 0.1) is 6.92 Å². The van der Waals surface area contributed by atoms with Gasteiger partial charge in [-0.15, -0.1) is 35.3 Å². The van der Waals surface area contributed by atoms with Crippen molar-refractivity contribution in [3.8, 4) is 10.6 Å². The van der Waals surface area contributed by atoms with Gasteiger partial charge in [0.25, 0.3) is 0 Å². The second-order valence-electron chi connectivity index (χ2n) is 5.77. The highest BCUT2D eigenvalue weighted by Crippen LogP contribution is 2.28. The lowest BCUT2D eigenvalue weighted by atomic mass is 10.1. The molecule has 0 aliphatic rings. The van der Waals surface area contributed by atoms with Crippen LogP contribution in [0.1, 0.15) is 23.1 Å². The molecule has 6 heteroatoms. The first-order chi connectivity index (χ1) is 12.2. The SMILES string of the molecule is CCc1cccc(NC(N)=NCc2sc(-c3ccccc3)nc2C)c1.I. The summed E-state index contributed by atoms with van der Waals surface area (Å²) in [6.45, 7) is 4.68. The summed E-state index contributed by atoms with van der Waals surface area (Å²) in [6, 6.07) is 18.4. The zero-order valence-corrected chi connectivity index (χ0v) is 18.0. The molecule has 0 saturated heterocycles. The number of benzene rings is 2. The van der Waals surface area contributed by atoms with E-state index in [-0.39, 0.29) is 24.0 Å². The van der Waals surface area contributed by atoms with Crippen LogP contribution in [0.4, 0.5) is 5.69 Å². The molecule has 0 bridgehead atoms. The number of anilines is 1. The topological polar surface area (TPSA) is 63.3 Å². The van der Waals surface area contributed by atoms with Gasteiger partial charge in [0.1, 0.15) is 5.01 Å². The van der Waals surface area contributed by atoms with E-state index >= 15 is 0 Å². The third-order valence-corrected chi connectivity index (χ3v) is 5.11. The molecule has 0 unspecified atom stereocenters. The minimum Gasteiger partial charge on any atom is -0.370 e. The number of aliphatic imine (C=N–C) groups is 1. The predicted molar refractivity (Wildman–Crippen MR) is 122 cm³/mol. The zero-order valence-electron chi connectivity index (χ0n) is 14.9. The van der Waals surface area contributed by atoms with Gasteiger partial charge in [0, 0.05) is 16.1 Å². The first-order valence-corrected chi connectivity index (χ1v) is 9.15. The number of hydrogen-bond donors (Lipinski definition) is 2. The third kappa shape index (κ3) is 5.28. The Bertz CT molecular complexity index is 875. The Hall–Kier alpha value is -1.93. The van der Waals surface area contributed by atoms with E-state index in [4.69, 9.17) is 5.73 Å². The number of hydrogen-bond acceptors (Lipinski definition) is 3. The zero-order chi connectivity index (χ0) is 17.6. The highest BCUT2D eigenvalue weighted by Gasteiger charge is 2.09. The van der Waals surface area contributed by atoms with Crippen LogP contribution in [0.3, 0.4) is 0 Å². The Morgan fingerprint density at radius 3 is 2.65 bits per heavy atom. The summed E-state index contributed by atoms with van der Waals surface area (Å²) in [5, 5.41) is 4.18. The smallest absolute Gasteiger partial charge is 0.193 e. The van der Waals surface area contributed by atoms with Crippen LogP contribution in [-0.4, -0.2) is 10.9 Å². The van der Waals surface area contributed by atoms with Crippen LogP contribution in [-0.2, 0) is 13.0 Å². The van der Waals surface area contributed by atoms with Crippen molar-refractivity contribution in [3.05, 3.63) is 70.7 Å². The van der Waals surface area contributed by atoms with E-state index in [1.54, 1.807) is 11.3 Å². The summed E-state index contributed by atoms with van der Waals surface area (Å²) in [5.41, 5.74) is 10.4. The number of nitrogens with zero attached hydrogens (tertiary/aromatic N) is 2. The predicted octanol–water partition coefficient (Wildman–Crippen LogP) is 5.23. The largest absolute Gasteiger partial charge is 0.370 e. The molecule has 0 atom stereocenters. The van der Waals surface area contributed by atoms with Gasteiger partial charge in [-0.2, -0.15) is 0 Å². The molecule has 26 heavy (non-hydrogen) atoms. The standard InChI is InChI=1S/C20H22N4S.HI/c1-3-15-8-7-11-17(12-15)24-20(21)22-13-18-14(2)23-19(25-18)16-9-5-4-6-10-16;/h4-12H,3,13H2,1-2H3,(H3,21,22,24);1H. The molecule has 3 rings (SSSR count). The molecule has 0 aliphatic carbocycles. The molecule has 0 saturated carbocycles. The fourth-order valence-electron chi connectivity index (χ4n) is 2.49. The number of nitrogens with two attached hydrogens (primary N) is 1. The normalized spacial score (nSPS) is 11.1. The van der Waals surface area contributed by atoms with E-state index in [9.17, 15) is 0 Å². The Labute approximate surface area is 175 Å². The van der Waals surface area contributed by atoms with Crippen molar-refractivity contribution in [3.63, 3.8) is 0 Å². The number of aromatic nitrogens is 1. The maximum atomic E-state index is 6.04. The van der Waals surface area contributed by atoms with E-state index in [1.807, 2.05) is 37.3 Å². The molecular weight excluding hydrogens is 455 g/mol. The van der Waals surface area contributed by atoms with Gasteiger partial charge in [0.15, 0.2) is 5.96 Å². The lowest BCUT2D eigenvalue weighted by Gasteiger charge is -2.06. The molecule has 0 aliphatic heterocycles.